The Morgan fingerprint density at radius 1 is 1.10 bits per heavy atom. The maximum Gasteiger partial charge on any atom is 0.419 e. The minimum absolute atomic E-state index is 0.0408. The van der Waals surface area contributed by atoms with E-state index in [1.54, 1.807) is 4.90 Å². The van der Waals surface area contributed by atoms with Crippen LogP contribution in [0.15, 0.2) is 12.4 Å². The Hall–Kier alpha value is -2.59. The quantitative estimate of drug-likeness (QED) is 0.796. The van der Waals surface area contributed by atoms with Gasteiger partial charge in [0, 0.05) is 44.0 Å². The van der Waals surface area contributed by atoms with Gasteiger partial charge in [-0.25, -0.2) is 14.8 Å². The molecule has 0 unspecified atom stereocenters. The first-order valence-corrected chi connectivity index (χ1v) is 10.0. The van der Waals surface area contributed by atoms with E-state index in [4.69, 9.17) is 10.5 Å². The van der Waals surface area contributed by atoms with Crippen LogP contribution in [0, 0.1) is 11.3 Å². The van der Waals surface area contributed by atoms with E-state index in [0.717, 1.165) is 38.1 Å². The number of primary amides is 1. The van der Waals surface area contributed by atoms with E-state index in [-0.39, 0.29) is 35.4 Å². The standard InChI is InChI=1S/C19H24F3N5O3/c20-19(21,22)13-7-24-16(25-8-13)30-14-1-4-18(5-2-14)10-27(11-18)17(29)26-6-3-12(9-26)15(23)28/h7-8,12,14H,1-6,9-11H2,(H2,23,28)/t12-/m0/s1. The van der Waals surface area contributed by atoms with Crippen LogP contribution in [-0.4, -0.2) is 64.0 Å². The number of alkyl halides is 3. The van der Waals surface area contributed by atoms with Crippen molar-refractivity contribution in [3.05, 3.63) is 18.0 Å². The second kappa shape index (κ2) is 7.59. The number of likely N-dealkylation sites (tertiary alicyclic amines) is 2. The summed E-state index contributed by atoms with van der Waals surface area (Å²) in [7, 11) is 0. The van der Waals surface area contributed by atoms with Gasteiger partial charge in [-0.2, -0.15) is 13.2 Å². The number of carbonyl (C=O) groups is 2. The molecule has 8 nitrogen and oxygen atoms in total. The molecule has 2 N–H and O–H groups in total. The van der Waals surface area contributed by atoms with Crippen molar-refractivity contribution in [3.8, 4) is 6.01 Å². The third kappa shape index (κ3) is 4.15. The van der Waals surface area contributed by atoms with Gasteiger partial charge in [-0.15, -0.1) is 0 Å². The number of carbonyl (C=O) groups excluding carboxylic acids is 2. The summed E-state index contributed by atoms with van der Waals surface area (Å²) in [5.74, 6) is -0.620. The van der Waals surface area contributed by atoms with E-state index in [2.05, 4.69) is 9.97 Å². The zero-order valence-corrected chi connectivity index (χ0v) is 16.4. The first-order chi connectivity index (χ1) is 14.2. The zero-order chi connectivity index (χ0) is 21.5. The van der Waals surface area contributed by atoms with Crippen LogP contribution in [0.3, 0.4) is 0 Å². The van der Waals surface area contributed by atoms with Crippen LogP contribution >= 0.6 is 0 Å². The van der Waals surface area contributed by atoms with Gasteiger partial charge in [-0.3, -0.25) is 4.79 Å². The number of amides is 3. The number of nitrogens with zero attached hydrogens (tertiary/aromatic N) is 4. The molecular weight excluding hydrogens is 403 g/mol. The number of aromatic nitrogens is 2. The average Bonchev–Trinajstić information content (AvgIpc) is 3.17. The van der Waals surface area contributed by atoms with E-state index in [1.807, 2.05) is 4.90 Å². The molecule has 1 saturated carbocycles. The number of hydrogen-bond acceptors (Lipinski definition) is 5. The Kier molecular flexibility index (Phi) is 5.23. The first-order valence-electron chi connectivity index (χ1n) is 10.0. The molecule has 1 spiro atoms. The Labute approximate surface area is 171 Å². The van der Waals surface area contributed by atoms with Gasteiger partial charge in [0.2, 0.25) is 5.91 Å². The fourth-order valence-electron chi connectivity index (χ4n) is 4.58. The highest BCUT2D eigenvalue weighted by Crippen LogP contribution is 2.45. The number of rotatable bonds is 3. The molecular formula is C19H24F3N5O3. The lowest BCUT2D eigenvalue weighted by Gasteiger charge is -2.53. The third-order valence-electron chi connectivity index (χ3n) is 6.41. The Morgan fingerprint density at radius 2 is 1.73 bits per heavy atom. The molecule has 30 heavy (non-hydrogen) atoms. The number of urea groups is 1. The van der Waals surface area contributed by atoms with Gasteiger partial charge in [0.05, 0.1) is 11.5 Å². The molecule has 3 fully saturated rings. The summed E-state index contributed by atoms with van der Waals surface area (Å²) in [6.07, 6.45) is 0.654. The first kappa shape index (κ1) is 20.7. The molecule has 0 aromatic carbocycles. The topological polar surface area (TPSA) is 102 Å². The van der Waals surface area contributed by atoms with Gasteiger partial charge < -0.3 is 20.3 Å². The van der Waals surface area contributed by atoms with Crippen molar-refractivity contribution < 1.29 is 27.5 Å². The Morgan fingerprint density at radius 3 is 2.27 bits per heavy atom. The average molecular weight is 427 g/mol. The summed E-state index contributed by atoms with van der Waals surface area (Å²) in [4.78, 5) is 34.7. The van der Waals surface area contributed by atoms with Gasteiger partial charge in [0.1, 0.15) is 6.10 Å². The largest absolute Gasteiger partial charge is 0.460 e. The summed E-state index contributed by atoms with van der Waals surface area (Å²) >= 11 is 0. The van der Waals surface area contributed by atoms with E-state index in [0.29, 0.717) is 32.6 Å². The van der Waals surface area contributed by atoms with Crippen LogP contribution in [0.1, 0.15) is 37.7 Å². The summed E-state index contributed by atoms with van der Waals surface area (Å²) in [5, 5.41) is 0. The molecule has 3 heterocycles. The molecule has 2 aliphatic heterocycles. The molecule has 11 heteroatoms. The zero-order valence-electron chi connectivity index (χ0n) is 16.4. The molecule has 2 saturated heterocycles. The van der Waals surface area contributed by atoms with Crippen molar-refractivity contribution in [1.82, 2.24) is 19.8 Å². The van der Waals surface area contributed by atoms with Crippen molar-refractivity contribution in [2.75, 3.05) is 26.2 Å². The Balaban J connectivity index is 1.23. The minimum atomic E-state index is -4.47. The van der Waals surface area contributed by atoms with Gasteiger partial charge in [-0.1, -0.05) is 0 Å². The van der Waals surface area contributed by atoms with E-state index >= 15 is 0 Å². The van der Waals surface area contributed by atoms with Gasteiger partial charge in [0.15, 0.2) is 0 Å². The molecule has 4 rings (SSSR count). The minimum Gasteiger partial charge on any atom is -0.460 e. The Bertz CT molecular complexity index is 801. The number of hydrogen-bond donors (Lipinski definition) is 1. The molecule has 1 aliphatic carbocycles. The predicted molar refractivity (Wildman–Crippen MR) is 98.2 cm³/mol. The van der Waals surface area contributed by atoms with Crippen molar-refractivity contribution in [2.24, 2.45) is 17.1 Å². The lowest BCUT2D eigenvalue weighted by molar-refractivity contribution is -0.138. The van der Waals surface area contributed by atoms with Crippen LogP contribution in [0.4, 0.5) is 18.0 Å². The lowest BCUT2D eigenvalue weighted by atomic mass is 9.68. The summed E-state index contributed by atoms with van der Waals surface area (Å²) in [6, 6.07) is -0.0895. The van der Waals surface area contributed by atoms with Crippen molar-refractivity contribution in [2.45, 2.75) is 44.4 Å². The van der Waals surface area contributed by atoms with Crippen molar-refractivity contribution in [3.63, 3.8) is 0 Å². The highest BCUT2D eigenvalue weighted by atomic mass is 19.4. The van der Waals surface area contributed by atoms with Crippen LogP contribution in [0.5, 0.6) is 6.01 Å². The fraction of sp³-hybridized carbons (Fsp3) is 0.684. The molecule has 1 aromatic rings. The molecule has 0 bridgehead atoms. The number of halogens is 3. The highest BCUT2D eigenvalue weighted by Gasteiger charge is 2.49. The summed E-state index contributed by atoms with van der Waals surface area (Å²) in [6.45, 7) is 2.29. The maximum absolute atomic E-state index is 12.6. The van der Waals surface area contributed by atoms with Crippen LogP contribution in [0.2, 0.25) is 0 Å². The third-order valence-corrected chi connectivity index (χ3v) is 6.41. The van der Waals surface area contributed by atoms with Crippen LogP contribution in [-0.2, 0) is 11.0 Å². The van der Waals surface area contributed by atoms with E-state index < -0.39 is 11.7 Å². The van der Waals surface area contributed by atoms with Crippen molar-refractivity contribution in [1.29, 1.82) is 0 Å². The molecule has 164 valence electrons. The molecule has 3 aliphatic rings. The van der Waals surface area contributed by atoms with E-state index in [1.165, 1.54) is 0 Å². The smallest absolute Gasteiger partial charge is 0.419 e. The second-order valence-corrected chi connectivity index (χ2v) is 8.54. The van der Waals surface area contributed by atoms with Gasteiger partial charge in [0.25, 0.3) is 0 Å². The SMILES string of the molecule is NC(=O)[C@H]1CCN(C(=O)N2CC3(CCC(Oc4ncc(C(F)(F)F)cn4)CC3)C2)C1. The lowest BCUT2D eigenvalue weighted by Crippen LogP contribution is -2.62. The molecule has 0 radical (unpaired) electrons. The highest BCUT2D eigenvalue weighted by molar-refractivity contribution is 5.80. The summed E-state index contributed by atoms with van der Waals surface area (Å²) in [5.41, 5.74) is 4.49. The molecule has 1 atom stereocenters. The second-order valence-electron chi connectivity index (χ2n) is 8.54. The molecule has 1 aromatic heterocycles. The monoisotopic (exact) mass is 427 g/mol. The van der Waals surface area contributed by atoms with Gasteiger partial charge in [-0.05, 0) is 32.1 Å². The fourth-order valence-corrected chi connectivity index (χ4v) is 4.58. The van der Waals surface area contributed by atoms with Gasteiger partial charge >= 0.3 is 18.2 Å². The van der Waals surface area contributed by atoms with E-state index in [9.17, 15) is 22.8 Å². The van der Waals surface area contributed by atoms with Crippen LogP contribution < -0.4 is 10.5 Å². The maximum atomic E-state index is 12.6. The van der Waals surface area contributed by atoms with Crippen molar-refractivity contribution >= 4 is 11.9 Å². The molecule has 3 amide bonds. The summed E-state index contributed by atoms with van der Waals surface area (Å²) < 4.78 is 43.4. The number of nitrogens with two attached hydrogens (primary N) is 1. The van der Waals surface area contributed by atoms with Crippen LogP contribution in [0.25, 0.3) is 0 Å². The number of ether oxygens (including phenoxy) is 1. The predicted octanol–water partition coefficient (Wildman–Crippen LogP) is 2.05. The normalized spacial score (nSPS) is 24.0.